The number of hydrogen-bond acceptors (Lipinski definition) is 8. The van der Waals surface area contributed by atoms with Gasteiger partial charge in [-0.1, -0.05) is 102 Å². The fourth-order valence-electron chi connectivity index (χ4n) is 14.1. The van der Waals surface area contributed by atoms with Crippen molar-refractivity contribution in [2.75, 3.05) is 6.61 Å². The normalized spacial score (nSPS) is 43.0. The molecule has 2 aromatic rings. The van der Waals surface area contributed by atoms with Gasteiger partial charge in [-0.15, -0.1) is 0 Å². The van der Waals surface area contributed by atoms with Gasteiger partial charge in [-0.25, -0.2) is 0 Å². The minimum absolute atomic E-state index is 0.00781. The molecule has 1 N–H and O–H groups in total. The van der Waals surface area contributed by atoms with Crippen LogP contribution in [0.4, 0.5) is 0 Å². The van der Waals surface area contributed by atoms with Gasteiger partial charge in [0.1, 0.15) is 18.3 Å². The molecule has 2 aromatic carbocycles. The third-order valence-electron chi connectivity index (χ3n) is 16.5. The van der Waals surface area contributed by atoms with E-state index in [1.165, 1.54) is 17.3 Å². The summed E-state index contributed by atoms with van der Waals surface area (Å²) in [4.78, 5) is 25.0. The van der Waals surface area contributed by atoms with E-state index in [0.29, 0.717) is 30.1 Å². The van der Waals surface area contributed by atoms with Crippen LogP contribution in [-0.2, 0) is 33.0 Å². The van der Waals surface area contributed by atoms with Crippen molar-refractivity contribution in [3.63, 3.8) is 0 Å². The van der Waals surface area contributed by atoms with Crippen molar-refractivity contribution < 1.29 is 38.1 Å². The van der Waals surface area contributed by atoms with Crippen LogP contribution in [0.1, 0.15) is 114 Å². The van der Waals surface area contributed by atoms with Crippen LogP contribution >= 0.6 is 0 Å². The van der Waals surface area contributed by atoms with E-state index >= 15 is 0 Å². The summed E-state index contributed by atoms with van der Waals surface area (Å²) in [5.41, 5.74) is -1.09. The second-order valence-corrected chi connectivity index (χ2v) is 24.7. The summed E-state index contributed by atoms with van der Waals surface area (Å²) in [5, 5.41) is 13.1. The highest BCUT2D eigenvalue weighted by Crippen LogP contribution is 2.72. The summed E-state index contributed by atoms with van der Waals surface area (Å²) in [6.07, 6.45) is 6.49. The Morgan fingerprint density at radius 3 is 2.04 bits per heavy atom. The molecule has 0 radical (unpaired) electrons. The summed E-state index contributed by atoms with van der Waals surface area (Å²) in [6.45, 7) is 19.0. The van der Waals surface area contributed by atoms with Crippen LogP contribution in [0.15, 0.2) is 60.7 Å². The van der Waals surface area contributed by atoms with Gasteiger partial charge in [0, 0.05) is 37.5 Å². The van der Waals surface area contributed by atoms with Crippen LogP contribution in [0.5, 0.6) is 0 Å². The van der Waals surface area contributed by atoms with Gasteiger partial charge in [-0.3, -0.25) is 9.59 Å². The van der Waals surface area contributed by atoms with Gasteiger partial charge in [-0.05, 0) is 96.4 Å². The van der Waals surface area contributed by atoms with Gasteiger partial charge in [0.15, 0.2) is 5.79 Å². The Hall–Kier alpha value is -2.56. The maximum Gasteiger partial charge on any atom is 0.302 e. The van der Waals surface area contributed by atoms with Crippen molar-refractivity contribution in [1.29, 1.82) is 0 Å². The Bertz CT molecular complexity index is 1740. The fraction of sp³-hybridized carbons (Fsp3) is 0.702. The number of rotatable bonds is 7. The van der Waals surface area contributed by atoms with E-state index in [1.54, 1.807) is 6.92 Å². The van der Waals surface area contributed by atoms with E-state index < -0.39 is 25.8 Å². The molecule has 2 heterocycles. The summed E-state index contributed by atoms with van der Waals surface area (Å²) in [5.74, 6) is 0.163. The number of fused-ring (bicyclic) bond motifs is 7. The van der Waals surface area contributed by atoms with Crippen molar-refractivity contribution in [3.8, 4) is 0 Å². The fourth-order valence-corrected chi connectivity index (χ4v) is 18.8. The highest BCUT2D eigenvalue weighted by atomic mass is 28.4. The quantitative estimate of drug-likeness (QED) is 0.227. The largest absolute Gasteiger partial charge is 0.463 e. The van der Waals surface area contributed by atoms with Gasteiger partial charge in [0.2, 0.25) is 0 Å². The Morgan fingerprint density at radius 1 is 0.839 bits per heavy atom. The molecule has 0 amide bonds. The first-order valence-electron chi connectivity index (χ1n) is 21.5. The second kappa shape index (κ2) is 14.0. The average molecular weight is 787 g/mol. The van der Waals surface area contributed by atoms with E-state index in [9.17, 15) is 14.7 Å². The smallest absolute Gasteiger partial charge is 0.302 e. The minimum atomic E-state index is -3.04. The van der Waals surface area contributed by atoms with Gasteiger partial charge in [0.25, 0.3) is 8.32 Å². The molecule has 0 aromatic heterocycles. The second-order valence-electron chi connectivity index (χ2n) is 20.5. The van der Waals surface area contributed by atoms with Gasteiger partial charge >= 0.3 is 11.9 Å². The first-order chi connectivity index (χ1) is 26.4. The first-order valence-corrected chi connectivity index (χ1v) is 23.4. The zero-order valence-electron chi connectivity index (χ0n) is 35.2. The monoisotopic (exact) mass is 786 g/mol. The van der Waals surface area contributed by atoms with E-state index in [1.807, 2.05) is 6.92 Å². The van der Waals surface area contributed by atoms with E-state index in [2.05, 4.69) is 102 Å². The molecule has 4 saturated carbocycles. The lowest BCUT2D eigenvalue weighted by Crippen LogP contribution is -2.69. The lowest BCUT2D eigenvalue weighted by atomic mass is 9.43. The molecular weight excluding hydrogens is 721 g/mol. The lowest BCUT2D eigenvalue weighted by Gasteiger charge is -2.62. The number of carbonyl (C=O) groups is 2. The zero-order valence-corrected chi connectivity index (χ0v) is 36.2. The third kappa shape index (κ3) is 6.02. The molecule has 0 unspecified atom stereocenters. The number of hydrogen-bond donors (Lipinski definition) is 1. The molecule has 8 rings (SSSR count). The Morgan fingerprint density at radius 2 is 1.46 bits per heavy atom. The highest BCUT2D eigenvalue weighted by molar-refractivity contribution is 6.99. The number of benzene rings is 2. The summed E-state index contributed by atoms with van der Waals surface area (Å²) >= 11 is 0. The van der Waals surface area contributed by atoms with Gasteiger partial charge in [0.05, 0.1) is 18.3 Å². The number of aliphatic hydroxyl groups excluding tert-OH is 1. The van der Waals surface area contributed by atoms with Crippen molar-refractivity contribution in [2.45, 2.75) is 155 Å². The van der Waals surface area contributed by atoms with E-state index in [0.717, 1.165) is 44.9 Å². The maximum absolute atomic E-state index is 13.1. The SMILES string of the molecule is CC(=O)O[C@H]1CC[C@@]2(C)[C@@H](CC[C@@H]3[C@@H]2C[C@@H](OC(C)=O)[C@]2(C)[C@@H]4[C@H](C[C@@H]32)O[C@]2(O[C@](C)(CO)C[C@H]2O[Si](c2ccccc2)(c2ccccc2)C(C)(C)C)[C@H]4C)C1. The molecule has 4 aliphatic carbocycles. The summed E-state index contributed by atoms with van der Waals surface area (Å²) < 4.78 is 34.9. The zero-order chi connectivity index (χ0) is 40.1. The van der Waals surface area contributed by atoms with Crippen LogP contribution in [0, 0.1) is 46.3 Å². The molecule has 14 atom stereocenters. The molecule has 6 fully saturated rings. The average Bonchev–Trinajstić information content (AvgIpc) is 3.72. The molecule has 6 aliphatic rings. The van der Waals surface area contributed by atoms with Crippen LogP contribution in [0.25, 0.3) is 0 Å². The molecule has 9 heteroatoms. The van der Waals surface area contributed by atoms with Crippen LogP contribution in [-0.4, -0.2) is 67.8 Å². The van der Waals surface area contributed by atoms with Crippen molar-refractivity contribution in [1.82, 2.24) is 0 Å². The predicted molar refractivity (Wildman–Crippen MR) is 218 cm³/mol. The van der Waals surface area contributed by atoms with Crippen molar-refractivity contribution in [3.05, 3.63) is 60.7 Å². The van der Waals surface area contributed by atoms with E-state index in [-0.39, 0.29) is 64.6 Å². The Balaban J connectivity index is 1.17. The molecule has 0 bridgehead atoms. The van der Waals surface area contributed by atoms with Gasteiger partial charge < -0.3 is 28.5 Å². The molecule has 56 heavy (non-hydrogen) atoms. The molecular formula is C47H66O8Si. The number of ether oxygens (including phenoxy) is 4. The van der Waals surface area contributed by atoms with Crippen LogP contribution in [0.2, 0.25) is 5.04 Å². The van der Waals surface area contributed by atoms with Crippen molar-refractivity contribution >= 4 is 30.6 Å². The minimum Gasteiger partial charge on any atom is -0.463 e. The van der Waals surface area contributed by atoms with Crippen molar-refractivity contribution in [2.24, 2.45) is 46.3 Å². The van der Waals surface area contributed by atoms with Gasteiger partial charge in [-0.2, -0.15) is 0 Å². The molecule has 1 spiro atoms. The van der Waals surface area contributed by atoms with Crippen LogP contribution in [0.3, 0.4) is 0 Å². The highest BCUT2D eigenvalue weighted by Gasteiger charge is 2.76. The molecule has 2 saturated heterocycles. The first kappa shape index (κ1) is 40.2. The Labute approximate surface area is 335 Å². The molecule has 306 valence electrons. The topological polar surface area (TPSA) is 101 Å². The lowest BCUT2D eigenvalue weighted by molar-refractivity contribution is -0.284. The van der Waals surface area contributed by atoms with E-state index in [4.69, 9.17) is 23.4 Å². The molecule has 8 nitrogen and oxygen atoms in total. The number of aliphatic hydroxyl groups is 1. The third-order valence-corrected chi connectivity index (χ3v) is 21.5. The van der Waals surface area contributed by atoms with Crippen LogP contribution < -0.4 is 10.4 Å². The summed E-state index contributed by atoms with van der Waals surface area (Å²) in [7, 11) is -3.04. The Kier molecular flexibility index (Phi) is 10.1. The molecule has 2 aliphatic heterocycles. The maximum atomic E-state index is 13.1. The predicted octanol–water partition coefficient (Wildman–Crippen LogP) is 7.58. The number of esters is 2. The number of carbonyl (C=O) groups excluding carboxylic acids is 2. The summed E-state index contributed by atoms with van der Waals surface area (Å²) in [6, 6.07) is 21.4. The standard InChI is InChI=1S/C47H66O8Si/c1-29-42-39(25-38-36-21-20-32-24-33(51-30(2)49)22-23-45(32,8)37(36)26-40(46(38,42)9)52-31(3)50)53-47(29)41(27-44(7,28-48)55-47)54-56(43(4,5)6,34-16-12-10-13-17-34)35-18-14-11-15-19-35/h10-19,29,32-33,36-42,48H,20-28H2,1-9H3/t29-,32-,33-,36+,37-,38-,39-,40+,41+,42-,44-,45-,46+,47-/m0/s1.